The molecule has 1 aromatic rings. The van der Waals surface area contributed by atoms with E-state index in [0.717, 1.165) is 0 Å². The summed E-state index contributed by atoms with van der Waals surface area (Å²) in [5.74, 6) is 1.33. The Morgan fingerprint density at radius 3 is 2.67 bits per heavy atom. The molecular weight excluding hydrogens is 481 g/mol. The summed E-state index contributed by atoms with van der Waals surface area (Å²) < 4.78 is 28.9. The summed E-state index contributed by atoms with van der Waals surface area (Å²) in [6.45, 7) is 7.01. The molecule has 0 aromatic heterocycles. The lowest BCUT2D eigenvalue weighted by Crippen LogP contribution is -2.57. The van der Waals surface area contributed by atoms with Crippen molar-refractivity contribution < 1.29 is 18.3 Å². The zero-order valence-electron chi connectivity index (χ0n) is 16.3. The molecule has 1 fully saturated rings. The number of benzene rings is 1. The van der Waals surface area contributed by atoms with E-state index in [1.54, 1.807) is 27.0 Å². The van der Waals surface area contributed by atoms with Crippen LogP contribution in [0, 0.1) is 0 Å². The quantitative estimate of drug-likeness (QED) is 0.356. The van der Waals surface area contributed by atoms with Gasteiger partial charge in [-0.25, -0.2) is 8.42 Å². The maximum atomic E-state index is 12.2. The van der Waals surface area contributed by atoms with E-state index in [9.17, 15) is 13.5 Å². The molecule has 27 heavy (non-hydrogen) atoms. The first-order valence-electron chi connectivity index (χ1n) is 8.78. The van der Waals surface area contributed by atoms with E-state index in [0.29, 0.717) is 36.9 Å². The van der Waals surface area contributed by atoms with Crippen LogP contribution in [-0.4, -0.2) is 68.2 Å². The van der Waals surface area contributed by atoms with Crippen LogP contribution in [0.2, 0.25) is 0 Å². The van der Waals surface area contributed by atoms with Crippen molar-refractivity contribution in [3.63, 3.8) is 0 Å². The highest BCUT2D eigenvalue weighted by molar-refractivity contribution is 14.0. The number of ether oxygens (including phenoxy) is 1. The van der Waals surface area contributed by atoms with Gasteiger partial charge < -0.3 is 20.1 Å². The molecular formula is C18H30IN3O4S. The van der Waals surface area contributed by atoms with Gasteiger partial charge in [0.1, 0.15) is 11.9 Å². The van der Waals surface area contributed by atoms with E-state index >= 15 is 0 Å². The van der Waals surface area contributed by atoms with Gasteiger partial charge in [-0.2, -0.15) is 0 Å². The van der Waals surface area contributed by atoms with Crippen LogP contribution >= 0.6 is 24.0 Å². The molecule has 0 saturated carbocycles. The van der Waals surface area contributed by atoms with Crippen molar-refractivity contribution in [1.29, 1.82) is 0 Å². The number of hydrogen-bond donors (Lipinski definition) is 2. The van der Waals surface area contributed by atoms with Crippen LogP contribution in [0.1, 0.15) is 32.4 Å². The Balaban J connectivity index is 0.00000364. The van der Waals surface area contributed by atoms with Crippen molar-refractivity contribution in [3.05, 3.63) is 29.8 Å². The van der Waals surface area contributed by atoms with Gasteiger partial charge in [-0.05, 0) is 26.8 Å². The van der Waals surface area contributed by atoms with Gasteiger partial charge in [-0.1, -0.05) is 18.2 Å². The third-order valence-corrected chi connectivity index (χ3v) is 7.12. The fraction of sp³-hybridized carbons (Fsp3) is 0.611. The number of sulfone groups is 1. The molecule has 2 N–H and O–H groups in total. The highest BCUT2D eigenvalue weighted by Gasteiger charge is 2.41. The summed E-state index contributed by atoms with van der Waals surface area (Å²) in [5.41, 5.74) is 0.677. The van der Waals surface area contributed by atoms with E-state index in [1.807, 2.05) is 30.0 Å². The third kappa shape index (κ3) is 5.71. The lowest BCUT2D eigenvalue weighted by molar-refractivity contribution is 0.182. The van der Waals surface area contributed by atoms with Gasteiger partial charge in [0.2, 0.25) is 0 Å². The number of rotatable bonds is 5. The van der Waals surface area contributed by atoms with Gasteiger partial charge >= 0.3 is 0 Å². The van der Waals surface area contributed by atoms with Crippen molar-refractivity contribution >= 4 is 39.8 Å². The van der Waals surface area contributed by atoms with Crippen molar-refractivity contribution in [2.45, 2.75) is 31.6 Å². The number of aliphatic hydroxyl groups excluding tert-OH is 1. The molecule has 0 bridgehead atoms. The first-order valence-corrected chi connectivity index (χ1v) is 10.4. The maximum absolute atomic E-state index is 12.2. The highest BCUT2D eigenvalue weighted by Crippen LogP contribution is 2.26. The average Bonchev–Trinajstić information content (AvgIpc) is 2.60. The van der Waals surface area contributed by atoms with Gasteiger partial charge in [0.25, 0.3) is 0 Å². The van der Waals surface area contributed by atoms with E-state index in [1.165, 1.54) is 0 Å². The van der Waals surface area contributed by atoms with Crippen LogP contribution in [0.5, 0.6) is 5.75 Å². The van der Waals surface area contributed by atoms with Crippen LogP contribution in [0.4, 0.5) is 0 Å². The van der Waals surface area contributed by atoms with Gasteiger partial charge in [-0.3, -0.25) is 4.99 Å². The first kappa shape index (κ1) is 24.0. The molecule has 0 spiro atoms. The zero-order chi connectivity index (χ0) is 19.4. The Labute approximate surface area is 179 Å². The molecule has 0 aliphatic carbocycles. The standard InChI is InChI=1S/C18H29N3O4S.HI/c1-5-19-17(21-10-11-26(23,24)18(2,3)13-21)20-12-15(22)14-8-6-7-9-16(14)25-4;/h6-9,15,22H,5,10-13H2,1-4H3,(H,19,20);1H. The number of guanidine groups is 1. The van der Waals surface area contributed by atoms with Crippen molar-refractivity contribution in [3.8, 4) is 5.75 Å². The number of aliphatic hydroxyl groups is 1. The molecule has 154 valence electrons. The monoisotopic (exact) mass is 511 g/mol. The van der Waals surface area contributed by atoms with Gasteiger partial charge in [0.15, 0.2) is 15.8 Å². The summed E-state index contributed by atoms with van der Waals surface area (Å²) >= 11 is 0. The molecule has 1 atom stereocenters. The molecule has 1 aliphatic heterocycles. The van der Waals surface area contributed by atoms with Gasteiger partial charge in [-0.15, -0.1) is 24.0 Å². The number of nitrogens with one attached hydrogen (secondary N) is 1. The summed E-state index contributed by atoms with van der Waals surface area (Å²) in [4.78, 5) is 6.48. The minimum Gasteiger partial charge on any atom is -0.496 e. The SMILES string of the molecule is CCNC(=NCC(O)c1ccccc1OC)N1CCS(=O)(=O)C(C)(C)C1.I. The average molecular weight is 511 g/mol. The topological polar surface area (TPSA) is 91.2 Å². The second kappa shape index (κ2) is 9.92. The molecule has 1 aromatic carbocycles. The molecule has 1 heterocycles. The summed E-state index contributed by atoms with van der Waals surface area (Å²) in [7, 11) is -1.55. The Hall–Kier alpha value is -1.07. The summed E-state index contributed by atoms with van der Waals surface area (Å²) in [6, 6.07) is 7.29. The van der Waals surface area contributed by atoms with E-state index in [2.05, 4.69) is 10.3 Å². The Morgan fingerprint density at radius 1 is 1.41 bits per heavy atom. The molecule has 1 aliphatic rings. The van der Waals surface area contributed by atoms with Crippen LogP contribution in [-0.2, 0) is 9.84 Å². The van der Waals surface area contributed by atoms with E-state index in [-0.39, 0.29) is 36.3 Å². The van der Waals surface area contributed by atoms with E-state index in [4.69, 9.17) is 4.74 Å². The summed E-state index contributed by atoms with van der Waals surface area (Å²) in [6.07, 6.45) is -0.804. The maximum Gasteiger partial charge on any atom is 0.194 e. The molecule has 1 unspecified atom stereocenters. The predicted molar refractivity (Wildman–Crippen MR) is 119 cm³/mol. The Kier molecular flexibility index (Phi) is 8.81. The molecule has 1 saturated heterocycles. The second-order valence-corrected chi connectivity index (χ2v) is 9.70. The number of aliphatic imine (C=N–C) groups is 1. The van der Waals surface area contributed by atoms with Crippen molar-refractivity contribution in [2.24, 2.45) is 4.99 Å². The molecule has 0 amide bonds. The third-order valence-electron chi connectivity index (χ3n) is 4.59. The lowest BCUT2D eigenvalue weighted by Gasteiger charge is -2.39. The lowest BCUT2D eigenvalue weighted by atomic mass is 10.1. The number of nitrogens with zero attached hydrogens (tertiary/aromatic N) is 2. The largest absolute Gasteiger partial charge is 0.496 e. The fourth-order valence-corrected chi connectivity index (χ4v) is 4.33. The van der Waals surface area contributed by atoms with Crippen LogP contribution in [0.25, 0.3) is 0 Å². The van der Waals surface area contributed by atoms with Crippen LogP contribution in [0.3, 0.4) is 0 Å². The Morgan fingerprint density at radius 2 is 2.07 bits per heavy atom. The summed E-state index contributed by atoms with van der Waals surface area (Å²) in [5, 5.41) is 13.7. The zero-order valence-corrected chi connectivity index (χ0v) is 19.5. The molecule has 9 heteroatoms. The van der Waals surface area contributed by atoms with E-state index < -0.39 is 20.7 Å². The number of halogens is 1. The molecule has 7 nitrogen and oxygen atoms in total. The minimum atomic E-state index is -3.12. The number of para-hydroxylation sites is 1. The van der Waals surface area contributed by atoms with Crippen molar-refractivity contribution in [2.75, 3.05) is 39.0 Å². The number of hydrogen-bond acceptors (Lipinski definition) is 5. The first-order chi connectivity index (χ1) is 12.2. The molecule has 0 radical (unpaired) electrons. The van der Waals surface area contributed by atoms with Gasteiger partial charge in [0.05, 0.1) is 24.2 Å². The smallest absolute Gasteiger partial charge is 0.194 e. The minimum absolute atomic E-state index is 0. The van der Waals surface area contributed by atoms with Crippen LogP contribution < -0.4 is 10.1 Å². The highest BCUT2D eigenvalue weighted by atomic mass is 127. The fourth-order valence-electron chi connectivity index (χ4n) is 2.96. The number of methoxy groups -OCH3 is 1. The van der Waals surface area contributed by atoms with Crippen molar-refractivity contribution in [1.82, 2.24) is 10.2 Å². The van der Waals surface area contributed by atoms with Crippen LogP contribution in [0.15, 0.2) is 29.3 Å². The Bertz CT molecular complexity index is 753. The predicted octanol–water partition coefficient (Wildman–Crippen LogP) is 1.82. The normalized spacial score (nSPS) is 19.7. The second-order valence-electron chi connectivity index (χ2n) is 6.95. The molecule has 2 rings (SSSR count). The van der Waals surface area contributed by atoms with Gasteiger partial charge in [0, 0.05) is 25.2 Å².